The summed E-state index contributed by atoms with van der Waals surface area (Å²) in [7, 11) is 2.87. The van der Waals surface area contributed by atoms with Gasteiger partial charge in [-0.15, -0.1) is 0 Å². The molecule has 2 aromatic rings. The molecule has 98 valence electrons. The van der Waals surface area contributed by atoms with Crippen molar-refractivity contribution in [3.8, 4) is 0 Å². The van der Waals surface area contributed by atoms with Crippen LogP contribution in [0.3, 0.4) is 0 Å². The van der Waals surface area contributed by atoms with E-state index in [9.17, 15) is 4.79 Å². The molecular weight excluding hydrogens is 276 g/mol. The molecule has 0 bridgehead atoms. The molecule has 0 aliphatic rings. The summed E-state index contributed by atoms with van der Waals surface area (Å²) >= 11 is 0. The minimum Gasteiger partial charge on any atom is -0.368 e. The Kier molecular flexibility index (Phi) is 4.50. The number of benzene rings is 1. The lowest BCUT2D eigenvalue weighted by molar-refractivity contribution is -0.120. The zero-order valence-corrected chi connectivity index (χ0v) is 12.1. The first kappa shape index (κ1) is 14.0. The van der Waals surface area contributed by atoms with Gasteiger partial charge in [0.05, 0.1) is 0 Å². The third kappa shape index (κ3) is 3.30. The maximum atomic E-state index is 11.8. The van der Waals surface area contributed by atoms with Crippen molar-refractivity contribution >= 4 is 27.5 Å². The fourth-order valence-electron chi connectivity index (χ4n) is 1.51. The molecule has 1 aromatic heterocycles. The van der Waals surface area contributed by atoms with Crippen molar-refractivity contribution < 1.29 is 4.79 Å². The number of pyridine rings is 1. The van der Waals surface area contributed by atoms with Crippen LogP contribution in [0.5, 0.6) is 0 Å². The van der Waals surface area contributed by atoms with Crippen LogP contribution in [0.25, 0.3) is 0 Å². The molecule has 1 amide bonds. The Morgan fingerprint density at radius 2 is 1.84 bits per heavy atom. The zero-order valence-electron chi connectivity index (χ0n) is 10.4. The van der Waals surface area contributed by atoms with Crippen LogP contribution in [0.4, 0.5) is 0 Å². The van der Waals surface area contributed by atoms with Gasteiger partial charge in [0, 0.05) is 6.20 Å². The van der Waals surface area contributed by atoms with Gasteiger partial charge < -0.3 is 5.73 Å². The number of hydrogen-bond donors (Lipinski definition) is 1. The van der Waals surface area contributed by atoms with Crippen LogP contribution in [0, 0.1) is 0 Å². The summed E-state index contributed by atoms with van der Waals surface area (Å²) < 4.78 is -0.774. The summed E-state index contributed by atoms with van der Waals surface area (Å²) in [5.41, 5.74) is 6.47. The Labute approximate surface area is 120 Å². The molecule has 0 fully saturated rings. The van der Waals surface area contributed by atoms with Crippen molar-refractivity contribution in [1.29, 1.82) is 0 Å². The number of rotatable bonds is 5. The summed E-state index contributed by atoms with van der Waals surface area (Å²) in [6.45, 7) is 1.84. The van der Waals surface area contributed by atoms with Crippen molar-refractivity contribution in [2.75, 3.05) is 0 Å². The van der Waals surface area contributed by atoms with Crippen molar-refractivity contribution in [3.05, 3.63) is 60.3 Å². The van der Waals surface area contributed by atoms with Gasteiger partial charge in [-0.25, -0.2) is 4.98 Å². The predicted octanol–water partition coefficient (Wildman–Crippen LogP) is 3.22. The van der Waals surface area contributed by atoms with E-state index in [1.54, 1.807) is 6.20 Å². The average Bonchev–Trinajstić information content (AvgIpc) is 2.46. The monoisotopic (exact) mass is 290 g/mol. The smallest absolute Gasteiger partial charge is 0.238 e. The first-order chi connectivity index (χ1) is 9.13. The summed E-state index contributed by atoms with van der Waals surface area (Å²) in [5, 5.41) is 0.857. The zero-order chi connectivity index (χ0) is 13.7. The Hall–Kier alpha value is -1.46. The molecule has 1 atom stereocenters. The van der Waals surface area contributed by atoms with Gasteiger partial charge in [0.25, 0.3) is 0 Å². The fourth-order valence-corrected chi connectivity index (χ4v) is 3.90. The van der Waals surface area contributed by atoms with Gasteiger partial charge in [-0.1, -0.05) is 47.2 Å². The van der Waals surface area contributed by atoms with E-state index in [-0.39, 0.29) is 5.91 Å². The van der Waals surface area contributed by atoms with Crippen molar-refractivity contribution in [1.82, 2.24) is 4.98 Å². The van der Waals surface area contributed by atoms with Gasteiger partial charge in [-0.3, -0.25) is 4.79 Å². The molecule has 3 nitrogen and oxygen atoms in total. The van der Waals surface area contributed by atoms with Crippen LogP contribution in [-0.2, 0) is 9.54 Å². The van der Waals surface area contributed by atoms with E-state index >= 15 is 0 Å². The number of hydrogen-bond acceptors (Lipinski definition) is 4. The minimum atomic E-state index is -0.774. The summed E-state index contributed by atoms with van der Waals surface area (Å²) in [6.07, 6.45) is 1.73. The van der Waals surface area contributed by atoms with E-state index in [2.05, 4.69) is 4.98 Å². The first-order valence-electron chi connectivity index (χ1n) is 5.75. The van der Waals surface area contributed by atoms with Crippen LogP contribution in [0.2, 0.25) is 0 Å². The second-order valence-electron chi connectivity index (χ2n) is 4.10. The Bertz CT molecular complexity index is 548. The number of primary amides is 1. The number of nitrogens with zero attached hydrogens (tertiary/aromatic N) is 1. The van der Waals surface area contributed by atoms with E-state index in [1.807, 2.05) is 55.5 Å². The summed E-state index contributed by atoms with van der Waals surface area (Å²) in [5.74, 6) is -0.355. The molecule has 1 unspecified atom stereocenters. The molecule has 0 spiro atoms. The van der Waals surface area contributed by atoms with Gasteiger partial charge in [-0.2, -0.15) is 0 Å². The minimum absolute atomic E-state index is 0.355. The predicted molar refractivity (Wildman–Crippen MR) is 80.7 cm³/mol. The first-order valence-corrected chi connectivity index (χ1v) is 7.90. The summed E-state index contributed by atoms with van der Waals surface area (Å²) in [6, 6.07) is 15.2. The Balaban J connectivity index is 2.19. The normalized spacial score (nSPS) is 13.7. The molecule has 19 heavy (non-hydrogen) atoms. The standard InChI is InChI=1S/C14H14N2OS2/c1-14(13(15)17,11-7-3-2-4-8-11)19-18-12-9-5-6-10-16-12/h2-10H,1H3,(H2,15,17). The largest absolute Gasteiger partial charge is 0.368 e. The van der Waals surface area contributed by atoms with E-state index in [1.165, 1.54) is 21.6 Å². The SMILES string of the molecule is CC(SSc1ccccn1)(C(N)=O)c1ccccc1. The summed E-state index contributed by atoms with van der Waals surface area (Å²) in [4.78, 5) is 16.0. The molecular formula is C14H14N2OS2. The van der Waals surface area contributed by atoms with Gasteiger partial charge >= 0.3 is 0 Å². The molecule has 0 saturated carbocycles. The van der Waals surface area contributed by atoms with Gasteiger partial charge in [0.15, 0.2) is 0 Å². The molecule has 0 saturated heterocycles. The second kappa shape index (κ2) is 6.12. The van der Waals surface area contributed by atoms with E-state index in [4.69, 9.17) is 5.73 Å². The van der Waals surface area contributed by atoms with Crippen LogP contribution in [0.1, 0.15) is 12.5 Å². The number of nitrogens with two attached hydrogens (primary N) is 1. The lowest BCUT2D eigenvalue weighted by Crippen LogP contribution is -2.34. The van der Waals surface area contributed by atoms with Gasteiger partial charge in [0.1, 0.15) is 9.77 Å². The maximum Gasteiger partial charge on any atom is 0.238 e. The topological polar surface area (TPSA) is 56.0 Å². The highest BCUT2D eigenvalue weighted by atomic mass is 33.1. The highest BCUT2D eigenvalue weighted by Gasteiger charge is 2.34. The molecule has 1 aromatic carbocycles. The fraction of sp³-hybridized carbons (Fsp3) is 0.143. The second-order valence-corrected chi connectivity index (χ2v) is 6.67. The van der Waals surface area contributed by atoms with Gasteiger partial charge in [0.2, 0.25) is 5.91 Å². The third-order valence-electron chi connectivity index (χ3n) is 2.73. The van der Waals surface area contributed by atoms with Crippen molar-refractivity contribution in [2.45, 2.75) is 16.7 Å². The lowest BCUT2D eigenvalue weighted by atomic mass is 10.00. The number of amides is 1. The molecule has 5 heteroatoms. The van der Waals surface area contributed by atoms with Crippen molar-refractivity contribution in [2.24, 2.45) is 5.73 Å². The van der Waals surface area contributed by atoms with Crippen LogP contribution < -0.4 is 5.73 Å². The maximum absolute atomic E-state index is 11.8. The molecule has 2 rings (SSSR count). The number of carbonyl (C=O) groups excluding carboxylic acids is 1. The lowest BCUT2D eigenvalue weighted by Gasteiger charge is -2.24. The van der Waals surface area contributed by atoms with Crippen molar-refractivity contribution in [3.63, 3.8) is 0 Å². The van der Waals surface area contributed by atoms with Crippen LogP contribution >= 0.6 is 21.6 Å². The highest BCUT2D eigenvalue weighted by molar-refractivity contribution is 8.77. The quantitative estimate of drug-likeness (QED) is 0.859. The molecule has 0 radical (unpaired) electrons. The molecule has 0 aliphatic heterocycles. The van der Waals surface area contributed by atoms with Crippen LogP contribution in [0.15, 0.2) is 59.8 Å². The molecule has 2 N–H and O–H groups in total. The molecule has 0 aliphatic carbocycles. The Morgan fingerprint density at radius 3 is 2.42 bits per heavy atom. The van der Waals surface area contributed by atoms with Crippen LogP contribution in [-0.4, -0.2) is 10.9 Å². The average molecular weight is 290 g/mol. The highest BCUT2D eigenvalue weighted by Crippen LogP contribution is 2.46. The van der Waals surface area contributed by atoms with E-state index < -0.39 is 4.75 Å². The Morgan fingerprint density at radius 1 is 1.16 bits per heavy atom. The van der Waals surface area contributed by atoms with Gasteiger partial charge in [-0.05, 0) is 35.4 Å². The third-order valence-corrected chi connectivity index (χ3v) is 5.75. The van der Waals surface area contributed by atoms with E-state index in [0.717, 1.165) is 10.6 Å². The number of carbonyl (C=O) groups is 1. The number of aromatic nitrogens is 1. The molecule has 1 heterocycles. The van der Waals surface area contributed by atoms with E-state index in [0.29, 0.717) is 0 Å².